The molecule has 2 fully saturated rings. The second-order valence-electron chi connectivity index (χ2n) is 11.2. The number of aryl methyl sites for hydroxylation is 2. The number of hydrogen-bond donors (Lipinski definition) is 1. The Hall–Kier alpha value is -3.19. The van der Waals surface area contributed by atoms with Crippen molar-refractivity contribution in [3.63, 3.8) is 0 Å². The maximum Gasteiger partial charge on any atom is 0.230 e. The average Bonchev–Trinajstić information content (AvgIpc) is 3.38. The maximum atomic E-state index is 13.9. The number of anilines is 1. The van der Waals surface area contributed by atoms with Crippen molar-refractivity contribution in [2.45, 2.75) is 70.3 Å². The van der Waals surface area contributed by atoms with Crippen LogP contribution in [0.1, 0.15) is 68.4 Å². The molecule has 2 aliphatic rings. The topological polar surface area (TPSA) is 80.5 Å². The number of methoxy groups -OCH3 is 1. The molecule has 0 bridgehead atoms. The molecule has 7 heteroatoms. The summed E-state index contributed by atoms with van der Waals surface area (Å²) in [4.78, 5) is 20.3. The summed E-state index contributed by atoms with van der Waals surface area (Å²) in [5.41, 5.74) is 4.41. The summed E-state index contributed by atoms with van der Waals surface area (Å²) >= 11 is 0. The van der Waals surface area contributed by atoms with Crippen LogP contribution in [0.3, 0.4) is 0 Å². The molecule has 7 nitrogen and oxygen atoms in total. The lowest BCUT2D eigenvalue weighted by atomic mass is 9.78. The molecular weight excluding hydrogens is 476 g/mol. The second-order valence-corrected chi connectivity index (χ2v) is 11.2. The van der Waals surface area contributed by atoms with E-state index in [4.69, 9.17) is 4.74 Å². The van der Waals surface area contributed by atoms with Crippen LogP contribution in [0.5, 0.6) is 5.75 Å². The van der Waals surface area contributed by atoms with Gasteiger partial charge in [-0.1, -0.05) is 24.3 Å². The Kier molecular flexibility index (Phi) is 8.12. The number of benzene rings is 2. The largest absolute Gasteiger partial charge is 0.496 e. The molecule has 1 heterocycles. The number of ether oxygens (including phenoxy) is 1. The normalized spacial score (nSPS) is 23.7. The molecule has 3 aromatic rings. The highest BCUT2D eigenvalue weighted by Gasteiger charge is 2.32. The van der Waals surface area contributed by atoms with Gasteiger partial charge in [0, 0.05) is 30.8 Å². The summed E-state index contributed by atoms with van der Waals surface area (Å²) in [6.45, 7) is 2.83. The molecule has 0 aliphatic heterocycles. The molecule has 2 aliphatic carbocycles. The molecule has 0 atom stereocenters. The van der Waals surface area contributed by atoms with Gasteiger partial charge >= 0.3 is 0 Å². The molecule has 5 rings (SSSR count). The van der Waals surface area contributed by atoms with Crippen molar-refractivity contribution in [3.8, 4) is 17.1 Å². The third kappa shape index (κ3) is 5.93. The number of aliphatic hydroxyl groups excluding tert-OH is 1. The van der Waals surface area contributed by atoms with E-state index in [2.05, 4.69) is 41.3 Å². The third-order valence-electron chi connectivity index (χ3n) is 8.51. The fourth-order valence-corrected chi connectivity index (χ4v) is 6.24. The van der Waals surface area contributed by atoms with Crippen molar-refractivity contribution in [2.24, 2.45) is 18.9 Å². The van der Waals surface area contributed by atoms with Crippen LogP contribution in [-0.2, 0) is 11.8 Å². The van der Waals surface area contributed by atoms with Gasteiger partial charge in [0.05, 0.1) is 13.2 Å². The van der Waals surface area contributed by atoms with Crippen LogP contribution in [0, 0.1) is 18.8 Å². The lowest BCUT2D eigenvalue weighted by Gasteiger charge is -2.36. The fraction of sp³-hybridized carbons (Fsp3) is 0.516. The minimum Gasteiger partial charge on any atom is -0.496 e. The van der Waals surface area contributed by atoms with Crippen LogP contribution in [0.2, 0.25) is 0 Å². The predicted molar refractivity (Wildman–Crippen MR) is 149 cm³/mol. The summed E-state index contributed by atoms with van der Waals surface area (Å²) < 4.78 is 7.14. The molecule has 0 radical (unpaired) electrons. The quantitative estimate of drug-likeness (QED) is 0.438. The van der Waals surface area contributed by atoms with E-state index in [1.807, 2.05) is 30.1 Å². The lowest BCUT2D eigenvalue weighted by Crippen LogP contribution is -2.41. The highest BCUT2D eigenvalue weighted by molar-refractivity contribution is 5.95. The Morgan fingerprint density at radius 2 is 1.82 bits per heavy atom. The number of hydrogen-bond acceptors (Lipinski definition) is 5. The van der Waals surface area contributed by atoms with Gasteiger partial charge in [-0.05, 0) is 99.5 Å². The van der Waals surface area contributed by atoms with Crippen molar-refractivity contribution >= 4 is 11.6 Å². The molecule has 0 unspecified atom stereocenters. The smallest absolute Gasteiger partial charge is 0.230 e. The summed E-state index contributed by atoms with van der Waals surface area (Å²) in [6.07, 6.45) is 8.79. The first kappa shape index (κ1) is 26.4. The number of amides is 1. The van der Waals surface area contributed by atoms with Gasteiger partial charge in [0.15, 0.2) is 5.82 Å². The Labute approximate surface area is 225 Å². The fourth-order valence-electron chi connectivity index (χ4n) is 6.24. The van der Waals surface area contributed by atoms with E-state index in [1.54, 1.807) is 18.1 Å². The molecule has 202 valence electrons. The minimum atomic E-state index is -0.275. The summed E-state index contributed by atoms with van der Waals surface area (Å²) in [5.74, 6) is 2.77. The molecule has 2 aromatic carbocycles. The van der Waals surface area contributed by atoms with E-state index in [0.29, 0.717) is 30.5 Å². The van der Waals surface area contributed by atoms with Crippen LogP contribution in [0.25, 0.3) is 11.4 Å². The van der Waals surface area contributed by atoms with E-state index in [-0.39, 0.29) is 17.9 Å². The van der Waals surface area contributed by atoms with Crippen LogP contribution < -0.4 is 9.64 Å². The number of aliphatic hydroxyl groups is 1. The van der Waals surface area contributed by atoms with Gasteiger partial charge in [-0.25, -0.2) is 4.98 Å². The van der Waals surface area contributed by atoms with Gasteiger partial charge in [0.2, 0.25) is 5.91 Å². The predicted octanol–water partition coefficient (Wildman–Crippen LogP) is 5.66. The van der Waals surface area contributed by atoms with Gasteiger partial charge in [0.25, 0.3) is 0 Å². The Morgan fingerprint density at radius 1 is 1.05 bits per heavy atom. The second kappa shape index (κ2) is 11.7. The SMILES string of the molecule is COc1ccc([C@H]2CC[C@H](CN(c3cccc(-c4ncn(C)n4)c3)C(=O)[C@H]3CC[C@H](O)CC3)CC2)cc1C. The highest BCUT2D eigenvalue weighted by atomic mass is 16.5. The average molecular weight is 517 g/mol. The molecule has 0 spiro atoms. The Bertz CT molecular complexity index is 1240. The molecule has 0 saturated heterocycles. The Balaban J connectivity index is 1.32. The van der Waals surface area contributed by atoms with Gasteiger partial charge in [-0.2, -0.15) is 5.10 Å². The molecule has 38 heavy (non-hydrogen) atoms. The first-order valence-corrected chi connectivity index (χ1v) is 14.0. The van der Waals surface area contributed by atoms with E-state index >= 15 is 0 Å². The molecule has 2 saturated carbocycles. The zero-order chi connectivity index (χ0) is 26.6. The number of nitrogens with zero attached hydrogens (tertiary/aromatic N) is 4. The third-order valence-corrected chi connectivity index (χ3v) is 8.51. The van der Waals surface area contributed by atoms with Gasteiger partial charge in [-0.3, -0.25) is 9.48 Å². The van der Waals surface area contributed by atoms with E-state index in [9.17, 15) is 9.90 Å². The number of carbonyl (C=O) groups is 1. The molecular formula is C31H40N4O3. The summed E-state index contributed by atoms with van der Waals surface area (Å²) in [6, 6.07) is 14.6. The van der Waals surface area contributed by atoms with E-state index in [1.165, 1.54) is 11.1 Å². The van der Waals surface area contributed by atoms with Crippen LogP contribution in [0.4, 0.5) is 5.69 Å². The first-order chi connectivity index (χ1) is 18.4. The Morgan fingerprint density at radius 3 is 2.47 bits per heavy atom. The van der Waals surface area contributed by atoms with Crippen molar-refractivity contribution in [3.05, 3.63) is 59.9 Å². The summed E-state index contributed by atoms with van der Waals surface area (Å²) in [5, 5.41) is 14.5. The number of aromatic nitrogens is 3. The minimum absolute atomic E-state index is 0.0337. The maximum absolute atomic E-state index is 13.9. The molecule has 1 N–H and O–H groups in total. The van der Waals surface area contributed by atoms with Crippen LogP contribution in [0.15, 0.2) is 48.8 Å². The van der Waals surface area contributed by atoms with Crippen molar-refractivity contribution in [1.82, 2.24) is 14.8 Å². The van der Waals surface area contributed by atoms with E-state index in [0.717, 1.165) is 62.1 Å². The van der Waals surface area contributed by atoms with Crippen molar-refractivity contribution in [2.75, 3.05) is 18.6 Å². The van der Waals surface area contributed by atoms with E-state index < -0.39 is 0 Å². The number of carbonyl (C=O) groups excluding carboxylic acids is 1. The molecule has 1 aromatic heterocycles. The van der Waals surface area contributed by atoms with Gasteiger partial charge < -0.3 is 14.7 Å². The molecule has 1 amide bonds. The summed E-state index contributed by atoms with van der Waals surface area (Å²) in [7, 11) is 3.58. The van der Waals surface area contributed by atoms with Crippen molar-refractivity contribution < 1.29 is 14.6 Å². The zero-order valence-electron chi connectivity index (χ0n) is 22.8. The van der Waals surface area contributed by atoms with Gasteiger partial charge in [-0.15, -0.1) is 0 Å². The first-order valence-electron chi connectivity index (χ1n) is 14.0. The van der Waals surface area contributed by atoms with Crippen LogP contribution in [-0.4, -0.2) is 45.5 Å². The van der Waals surface area contributed by atoms with Crippen molar-refractivity contribution in [1.29, 1.82) is 0 Å². The highest BCUT2D eigenvalue weighted by Crippen LogP contribution is 2.39. The number of rotatable bonds is 7. The lowest BCUT2D eigenvalue weighted by molar-refractivity contribution is -0.124. The van der Waals surface area contributed by atoms with Gasteiger partial charge in [0.1, 0.15) is 12.1 Å². The van der Waals surface area contributed by atoms with Crippen LogP contribution >= 0.6 is 0 Å². The monoisotopic (exact) mass is 516 g/mol. The standard InChI is InChI=1S/C31H40N4O3/c1-21-17-25(13-16-29(21)38-3)23-9-7-22(8-10-23)19-35(31(37)24-11-14-28(36)15-12-24)27-6-4-5-26(18-27)30-32-20-34(2)33-30/h4-6,13,16-18,20,22-24,28,36H,7-12,14-15,19H2,1-3H3/t22-,23-,24-,28-. The zero-order valence-corrected chi connectivity index (χ0v) is 22.8.